The first-order valence-corrected chi connectivity index (χ1v) is 8.05. The Morgan fingerprint density at radius 2 is 2.05 bits per heavy atom. The Bertz CT molecular complexity index is 511. The van der Waals surface area contributed by atoms with Gasteiger partial charge in [-0.3, -0.25) is 0 Å². The van der Waals surface area contributed by atoms with Crippen LogP contribution in [0.15, 0.2) is 35.7 Å². The van der Waals surface area contributed by atoms with Crippen LogP contribution in [-0.4, -0.2) is 6.54 Å². The quantitative estimate of drug-likeness (QED) is 0.759. The molecule has 2 aromatic rings. The van der Waals surface area contributed by atoms with Gasteiger partial charge in [0, 0.05) is 10.9 Å². The first-order valence-electron chi connectivity index (χ1n) is 6.42. The number of hydrogen-bond donors (Lipinski definition) is 1. The summed E-state index contributed by atoms with van der Waals surface area (Å²) in [4.78, 5) is 1.34. The molecule has 0 saturated heterocycles. The van der Waals surface area contributed by atoms with E-state index >= 15 is 0 Å². The van der Waals surface area contributed by atoms with Crippen LogP contribution >= 0.6 is 34.5 Å². The van der Waals surface area contributed by atoms with Crippen LogP contribution in [0.1, 0.15) is 29.8 Å². The van der Waals surface area contributed by atoms with Crippen molar-refractivity contribution in [1.29, 1.82) is 0 Å². The summed E-state index contributed by atoms with van der Waals surface area (Å²) in [6, 6.07) is 10.4. The second kappa shape index (κ2) is 7.30. The molecule has 0 spiro atoms. The lowest BCUT2D eigenvalue weighted by Crippen LogP contribution is -2.23. The average Bonchev–Trinajstić information content (AvgIpc) is 2.93. The van der Waals surface area contributed by atoms with Gasteiger partial charge in [-0.15, -0.1) is 11.3 Å². The zero-order valence-corrected chi connectivity index (χ0v) is 13.2. The summed E-state index contributed by atoms with van der Waals surface area (Å²) in [6.45, 7) is 3.17. The van der Waals surface area contributed by atoms with Crippen molar-refractivity contribution in [3.8, 4) is 0 Å². The molecule has 0 aliphatic rings. The van der Waals surface area contributed by atoms with Gasteiger partial charge in [-0.1, -0.05) is 48.3 Å². The summed E-state index contributed by atoms with van der Waals surface area (Å²) >= 11 is 14.1. The highest BCUT2D eigenvalue weighted by Gasteiger charge is 2.15. The number of thiophene rings is 1. The van der Waals surface area contributed by atoms with Gasteiger partial charge >= 0.3 is 0 Å². The van der Waals surface area contributed by atoms with Crippen LogP contribution in [0.4, 0.5) is 0 Å². The highest BCUT2D eigenvalue weighted by atomic mass is 35.5. The van der Waals surface area contributed by atoms with E-state index in [0.29, 0.717) is 16.1 Å². The summed E-state index contributed by atoms with van der Waals surface area (Å²) in [5.74, 6) is 0. The fourth-order valence-electron chi connectivity index (χ4n) is 2.01. The molecule has 0 bridgehead atoms. The van der Waals surface area contributed by atoms with Gasteiger partial charge < -0.3 is 5.32 Å². The lowest BCUT2D eigenvalue weighted by Gasteiger charge is -2.18. The van der Waals surface area contributed by atoms with Crippen LogP contribution in [0.3, 0.4) is 0 Å². The number of halogens is 2. The maximum atomic E-state index is 6.28. The lowest BCUT2D eigenvalue weighted by molar-refractivity contribution is 0.536. The van der Waals surface area contributed by atoms with E-state index in [2.05, 4.69) is 29.8 Å². The second-order valence-electron chi connectivity index (χ2n) is 4.44. The Hall–Kier alpha value is -0.540. The van der Waals surface area contributed by atoms with E-state index in [9.17, 15) is 0 Å². The van der Waals surface area contributed by atoms with Gasteiger partial charge in [-0.05, 0) is 42.5 Å². The first kappa shape index (κ1) is 14.9. The number of benzene rings is 1. The fraction of sp³-hybridized carbons (Fsp3) is 0.333. The Morgan fingerprint density at radius 1 is 1.21 bits per heavy atom. The average molecular weight is 314 g/mol. The molecule has 1 nitrogen and oxygen atoms in total. The first-order chi connectivity index (χ1) is 9.22. The van der Waals surface area contributed by atoms with E-state index in [4.69, 9.17) is 23.2 Å². The normalized spacial score (nSPS) is 12.6. The number of hydrogen-bond acceptors (Lipinski definition) is 2. The minimum Gasteiger partial charge on any atom is -0.309 e. The molecule has 19 heavy (non-hydrogen) atoms. The monoisotopic (exact) mass is 313 g/mol. The van der Waals surface area contributed by atoms with Crippen LogP contribution < -0.4 is 5.32 Å². The van der Waals surface area contributed by atoms with Crippen molar-refractivity contribution in [1.82, 2.24) is 5.32 Å². The molecule has 1 N–H and O–H groups in total. The van der Waals surface area contributed by atoms with E-state index in [1.807, 2.05) is 18.2 Å². The standard InChI is InChI=1S/C15H17Cl2NS/c1-2-8-18-13(14-7-4-9-19-14)10-11-5-3-6-12(16)15(11)17/h3-7,9,13,18H,2,8,10H2,1H3. The number of nitrogens with one attached hydrogen (secondary N) is 1. The molecule has 2 rings (SSSR count). The third kappa shape index (κ3) is 3.96. The number of rotatable bonds is 6. The second-order valence-corrected chi connectivity index (χ2v) is 6.20. The molecule has 0 fully saturated rings. The molecule has 1 atom stereocenters. The van der Waals surface area contributed by atoms with Gasteiger partial charge in [0.2, 0.25) is 0 Å². The topological polar surface area (TPSA) is 12.0 Å². The molecule has 1 unspecified atom stereocenters. The van der Waals surface area contributed by atoms with Crippen molar-refractivity contribution in [3.05, 3.63) is 56.2 Å². The molecule has 0 aliphatic carbocycles. The smallest absolute Gasteiger partial charge is 0.0624 e. The summed E-state index contributed by atoms with van der Waals surface area (Å²) in [7, 11) is 0. The molecular weight excluding hydrogens is 297 g/mol. The van der Waals surface area contributed by atoms with E-state index in [-0.39, 0.29) is 0 Å². The summed E-state index contributed by atoms with van der Waals surface area (Å²) in [5, 5.41) is 6.98. The van der Waals surface area contributed by atoms with Crippen molar-refractivity contribution in [2.45, 2.75) is 25.8 Å². The Balaban J connectivity index is 2.18. The maximum Gasteiger partial charge on any atom is 0.0624 e. The lowest BCUT2D eigenvalue weighted by atomic mass is 10.0. The Kier molecular flexibility index (Phi) is 5.71. The van der Waals surface area contributed by atoms with Crippen LogP contribution in [0, 0.1) is 0 Å². The molecule has 0 radical (unpaired) electrons. The van der Waals surface area contributed by atoms with E-state index in [1.54, 1.807) is 11.3 Å². The van der Waals surface area contributed by atoms with Crippen LogP contribution in [0.5, 0.6) is 0 Å². The van der Waals surface area contributed by atoms with Crippen molar-refractivity contribution >= 4 is 34.5 Å². The molecule has 1 aromatic carbocycles. The summed E-state index contributed by atoms with van der Waals surface area (Å²) < 4.78 is 0. The highest BCUT2D eigenvalue weighted by Crippen LogP contribution is 2.30. The van der Waals surface area contributed by atoms with Gasteiger partial charge in [0.25, 0.3) is 0 Å². The zero-order valence-electron chi connectivity index (χ0n) is 10.8. The molecule has 4 heteroatoms. The Morgan fingerprint density at radius 3 is 2.74 bits per heavy atom. The third-order valence-corrected chi connectivity index (χ3v) is 4.83. The van der Waals surface area contributed by atoms with Crippen LogP contribution in [0.25, 0.3) is 0 Å². The predicted molar refractivity (Wildman–Crippen MR) is 85.5 cm³/mol. The van der Waals surface area contributed by atoms with Crippen molar-refractivity contribution in [3.63, 3.8) is 0 Å². The highest BCUT2D eigenvalue weighted by molar-refractivity contribution is 7.10. The van der Waals surface area contributed by atoms with E-state index < -0.39 is 0 Å². The SMILES string of the molecule is CCCNC(Cc1cccc(Cl)c1Cl)c1cccs1. The van der Waals surface area contributed by atoms with Gasteiger partial charge in [-0.25, -0.2) is 0 Å². The van der Waals surface area contributed by atoms with Crippen molar-refractivity contribution < 1.29 is 0 Å². The fourth-order valence-corrected chi connectivity index (χ4v) is 3.21. The van der Waals surface area contributed by atoms with Crippen molar-refractivity contribution in [2.75, 3.05) is 6.54 Å². The van der Waals surface area contributed by atoms with Gasteiger partial charge in [0.15, 0.2) is 0 Å². The molecule has 1 heterocycles. The van der Waals surface area contributed by atoms with E-state index in [1.165, 1.54) is 4.88 Å². The predicted octanol–water partition coefficient (Wildman–Crippen LogP) is 5.34. The minimum absolute atomic E-state index is 0.302. The molecule has 1 aromatic heterocycles. The van der Waals surface area contributed by atoms with Gasteiger partial charge in [0.05, 0.1) is 10.0 Å². The molecular formula is C15H17Cl2NS. The van der Waals surface area contributed by atoms with Gasteiger partial charge in [-0.2, -0.15) is 0 Å². The Labute approximate surface area is 128 Å². The van der Waals surface area contributed by atoms with Gasteiger partial charge in [0.1, 0.15) is 0 Å². The van der Waals surface area contributed by atoms with Crippen molar-refractivity contribution in [2.24, 2.45) is 0 Å². The van der Waals surface area contributed by atoms with Crippen LogP contribution in [-0.2, 0) is 6.42 Å². The zero-order chi connectivity index (χ0) is 13.7. The largest absolute Gasteiger partial charge is 0.309 e. The summed E-state index contributed by atoms with van der Waals surface area (Å²) in [6.07, 6.45) is 1.98. The van der Waals surface area contributed by atoms with E-state index in [0.717, 1.165) is 24.9 Å². The van der Waals surface area contributed by atoms with Crippen LogP contribution in [0.2, 0.25) is 10.0 Å². The molecule has 0 aliphatic heterocycles. The molecule has 0 amide bonds. The third-order valence-electron chi connectivity index (χ3n) is 2.98. The summed E-state index contributed by atoms with van der Waals surface area (Å²) in [5.41, 5.74) is 1.09. The maximum absolute atomic E-state index is 6.28. The molecule has 0 saturated carbocycles. The minimum atomic E-state index is 0.302. The molecule has 102 valence electrons.